The average molecular weight is 248 g/mol. The van der Waals surface area contributed by atoms with Crippen LogP contribution < -0.4 is 5.32 Å². The number of carboxylic acid groups (broad SMARTS) is 1. The zero-order valence-corrected chi connectivity index (χ0v) is 10.3. The molecule has 5 nitrogen and oxygen atoms in total. The highest BCUT2D eigenvalue weighted by Gasteiger charge is 2.03. The van der Waals surface area contributed by atoms with Gasteiger partial charge in [-0.3, -0.25) is 4.79 Å². The lowest BCUT2D eigenvalue weighted by Crippen LogP contribution is -2.20. The van der Waals surface area contributed by atoms with Crippen molar-refractivity contribution >= 4 is 17.1 Å². The predicted octanol–water partition coefficient (Wildman–Crippen LogP) is 1.74. The van der Waals surface area contributed by atoms with E-state index in [1.807, 2.05) is 25.1 Å². The molecule has 0 saturated heterocycles. The van der Waals surface area contributed by atoms with Crippen LogP contribution in [0.4, 0.5) is 0 Å². The Labute approximate surface area is 105 Å². The molecule has 0 unspecified atom stereocenters. The van der Waals surface area contributed by atoms with Crippen molar-refractivity contribution in [3.8, 4) is 0 Å². The number of nitrogens with zero attached hydrogens (tertiary/aromatic N) is 1. The third-order valence-corrected chi connectivity index (χ3v) is 2.67. The Kier molecular flexibility index (Phi) is 3.94. The van der Waals surface area contributed by atoms with E-state index in [4.69, 9.17) is 9.52 Å². The predicted molar refractivity (Wildman–Crippen MR) is 67.6 cm³/mol. The topological polar surface area (TPSA) is 75.4 Å². The Hall–Kier alpha value is -1.88. The van der Waals surface area contributed by atoms with E-state index >= 15 is 0 Å². The Morgan fingerprint density at radius 2 is 2.28 bits per heavy atom. The number of aromatic nitrogens is 1. The number of hydrogen-bond donors (Lipinski definition) is 2. The van der Waals surface area contributed by atoms with Crippen LogP contribution in [0.3, 0.4) is 0 Å². The lowest BCUT2D eigenvalue weighted by atomic mass is 10.1. The molecule has 0 saturated carbocycles. The molecule has 0 amide bonds. The first kappa shape index (κ1) is 12.6. The highest BCUT2D eigenvalue weighted by atomic mass is 16.4. The molecule has 1 heterocycles. The smallest absolute Gasteiger partial charge is 0.304 e. The molecule has 0 spiro atoms. The Balaban J connectivity index is 1.86. The molecule has 0 radical (unpaired) electrons. The summed E-state index contributed by atoms with van der Waals surface area (Å²) in [6.07, 6.45) is 1.00. The second-order valence-electron chi connectivity index (χ2n) is 4.18. The number of carbonyl (C=O) groups is 1. The van der Waals surface area contributed by atoms with Crippen LogP contribution in [0.5, 0.6) is 0 Å². The fourth-order valence-corrected chi connectivity index (χ4v) is 1.80. The van der Waals surface area contributed by atoms with E-state index in [1.165, 1.54) is 5.56 Å². The molecule has 0 fully saturated rings. The zero-order chi connectivity index (χ0) is 13.0. The number of carboxylic acids is 1. The summed E-state index contributed by atoms with van der Waals surface area (Å²) in [5.74, 6) is -0.108. The molecular formula is C13H16N2O3. The number of benzene rings is 1. The molecule has 0 bridgehead atoms. The number of oxazole rings is 1. The maximum Gasteiger partial charge on any atom is 0.304 e. The van der Waals surface area contributed by atoms with Gasteiger partial charge in [0.2, 0.25) is 0 Å². The quantitative estimate of drug-likeness (QED) is 0.762. The lowest BCUT2D eigenvalue weighted by molar-refractivity contribution is -0.136. The summed E-state index contributed by atoms with van der Waals surface area (Å²) in [5.41, 5.74) is 2.84. The minimum absolute atomic E-state index is 0.154. The van der Waals surface area contributed by atoms with Gasteiger partial charge in [0, 0.05) is 13.5 Å². The van der Waals surface area contributed by atoms with E-state index in [0.717, 1.165) is 24.1 Å². The van der Waals surface area contributed by atoms with E-state index in [9.17, 15) is 4.79 Å². The van der Waals surface area contributed by atoms with Gasteiger partial charge in [0.15, 0.2) is 11.5 Å². The zero-order valence-electron chi connectivity index (χ0n) is 10.3. The first-order valence-corrected chi connectivity index (χ1v) is 5.94. The van der Waals surface area contributed by atoms with Crippen LogP contribution >= 0.6 is 0 Å². The van der Waals surface area contributed by atoms with Gasteiger partial charge in [-0.05, 0) is 30.7 Å². The molecule has 0 aliphatic rings. The van der Waals surface area contributed by atoms with E-state index < -0.39 is 5.97 Å². The largest absolute Gasteiger partial charge is 0.481 e. The normalized spacial score (nSPS) is 10.9. The Morgan fingerprint density at radius 1 is 1.44 bits per heavy atom. The van der Waals surface area contributed by atoms with Gasteiger partial charge in [0.25, 0.3) is 0 Å². The number of hydrogen-bond acceptors (Lipinski definition) is 4. The monoisotopic (exact) mass is 248 g/mol. The number of nitrogens with one attached hydrogen (secondary N) is 1. The molecule has 5 heteroatoms. The summed E-state index contributed by atoms with van der Waals surface area (Å²) >= 11 is 0. The second kappa shape index (κ2) is 5.64. The third-order valence-electron chi connectivity index (χ3n) is 2.67. The maximum absolute atomic E-state index is 10.3. The fraction of sp³-hybridized carbons (Fsp3) is 0.385. The van der Waals surface area contributed by atoms with Crippen molar-refractivity contribution in [2.45, 2.75) is 19.8 Å². The molecule has 0 aliphatic heterocycles. The summed E-state index contributed by atoms with van der Waals surface area (Å²) in [7, 11) is 0. The Bertz CT molecular complexity index is 548. The van der Waals surface area contributed by atoms with Gasteiger partial charge in [0.1, 0.15) is 5.52 Å². The molecule has 2 N–H and O–H groups in total. The van der Waals surface area contributed by atoms with E-state index in [-0.39, 0.29) is 6.42 Å². The fourth-order valence-electron chi connectivity index (χ4n) is 1.80. The van der Waals surface area contributed by atoms with Crippen LogP contribution in [-0.4, -0.2) is 29.1 Å². The summed E-state index contributed by atoms with van der Waals surface area (Å²) in [4.78, 5) is 14.6. The highest BCUT2D eigenvalue weighted by Crippen LogP contribution is 2.16. The molecular weight excluding hydrogens is 232 g/mol. The number of aryl methyl sites for hydroxylation is 1. The van der Waals surface area contributed by atoms with Gasteiger partial charge in [-0.15, -0.1) is 0 Å². The van der Waals surface area contributed by atoms with Crippen LogP contribution in [-0.2, 0) is 11.2 Å². The molecule has 2 aromatic rings. The number of rotatable bonds is 6. The van der Waals surface area contributed by atoms with E-state index in [2.05, 4.69) is 10.3 Å². The van der Waals surface area contributed by atoms with Crippen molar-refractivity contribution in [1.82, 2.24) is 10.3 Å². The van der Waals surface area contributed by atoms with Crippen LogP contribution in [0.25, 0.3) is 11.1 Å². The Morgan fingerprint density at radius 3 is 3.06 bits per heavy atom. The molecule has 96 valence electrons. The van der Waals surface area contributed by atoms with Crippen molar-refractivity contribution in [3.05, 3.63) is 29.7 Å². The minimum atomic E-state index is -0.776. The van der Waals surface area contributed by atoms with Gasteiger partial charge in [-0.2, -0.15) is 0 Å². The molecule has 2 rings (SSSR count). The standard InChI is InChI=1S/C13H16N2O3/c1-9-15-11-8-10(2-3-12(11)18-9)4-6-14-7-5-13(16)17/h2-3,8,14H,4-7H2,1H3,(H,16,17). The third kappa shape index (κ3) is 3.30. The molecule has 0 aliphatic carbocycles. The number of aliphatic carboxylic acids is 1. The van der Waals surface area contributed by atoms with Crippen molar-refractivity contribution in [1.29, 1.82) is 0 Å². The lowest BCUT2D eigenvalue weighted by Gasteiger charge is -2.03. The first-order valence-electron chi connectivity index (χ1n) is 5.94. The molecule has 0 atom stereocenters. The van der Waals surface area contributed by atoms with Gasteiger partial charge < -0.3 is 14.8 Å². The van der Waals surface area contributed by atoms with E-state index in [1.54, 1.807) is 0 Å². The average Bonchev–Trinajstić information content (AvgIpc) is 2.67. The van der Waals surface area contributed by atoms with Crippen molar-refractivity contribution in [3.63, 3.8) is 0 Å². The summed E-state index contributed by atoms with van der Waals surface area (Å²) in [5, 5.41) is 11.6. The molecule has 1 aromatic heterocycles. The SMILES string of the molecule is Cc1nc2cc(CCNCCC(=O)O)ccc2o1. The number of fused-ring (bicyclic) bond motifs is 1. The summed E-state index contributed by atoms with van der Waals surface area (Å²) in [6.45, 7) is 3.09. The van der Waals surface area contributed by atoms with Gasteiger partial charge in [-0.1, -0.05) is 6.07 Å². The first-order chi connectivity index (χ1) is 8.65. The van der Waals surface area contributed by atoms with Crippen LogP contribution in [0, 0.1) is 6.92 Å². The van der Waals surface area contributed by atoms with Crippen LogP contribution in [0.2, 0.25) is 0 Å². The van der Waals surface area contributed by atoms with Crippen molar-refractivity contribution in [2.24, 2.45) is 0 Å². The highest BCUT2D eigenvalue weighted by molar-refractivity contribution is 5.73. The second-order valence-corrected chi connectivity index (χ2v) is 4.18. The summed E-state index contributed by atoms with van der Waals surface area (Å²) in [6, 6.07) is 5.93. The van der Waals surface area contributed by atoms with Crippen molar-refractivity contribution in [2.75, 3.05) is 13.1 Å². The van der Waals surface area contributed by atoms with E-state index in [0.29, 0.717) is 12.4 Å². The van der Waals surface area contributed by atoms with Crippen LogP contribution in [0.1, 0.15) is 17.9 Å². The summed E-state index contributed by atoms with van der Waals surface area (Å²) < 4.78 is 5.40. The van der Waals surface area contributed by atoms with Gasteiger partial charge in [0.05, 0.1) is 6.42 Å². The van der Waals surface area contributed by atoms with Crippen molar-refractivity contribution < 1.29 is 14.3 Å². The van der Waals surface area contributed by atoms with Gasteiger partial charge in [-0.25, -0.2) is 4.98 Å². The van der Waals surface area contributed by atoms with Gasteiger partial charge >= 0.3 is 5.97 Å². The molecule has 18 heavy (non-hydrogen) atoms. The molecule has 1 aromatic carbocycles. The minimum Gasteiger partial charge on any atom is -0.481 e. The van der Waals surface area contributed by atoms with Crippen LogP contribution in [0.15, 0.2) is 22.6 Å². The maximum atomic E-state index is 10.3.